The van der Waals surface area contributed by atoms with E-state index in [0.717, 1.165) is 11.8 Å². The highest BCUT2D eigenvalue weighted by molar-refractivity contribution is 7.99. The Morgan fingerprint density at radius 2 is 2.19 bits per heavy atom. The zero-order chi connectivity index (χ0) is 35.4. The van der Waals surface area contributed by atoms with Crippen LogP contribution in [-0.4, -0.2) is 83.4 Å². The second-order valence-electron chi connectivity index (χ2n) is 8.11. The molecule has 1 aromatic carbocycles. The topological polar surface area (TPSA) is 138 Å². The molecule has 36 heavy (non-hydrogen) atoms. The number of fused-ring (bicyclic) bond motifs is 1. The monoisotopic (exact) mass is 529 g/mol. The molecule has 0 aliphatic heterocycles. The summed E-state index contributed by atoms with van der Waals surface area (Å²) in [6, 6.07) is -0.680. The fraction of sp³-hybridized carbons (Fsp3) is 0.583. The average Bonchev–Trinajstić information content (AvgIpc) is 3.40. The molecule has 0 saturated heterocycles. The number of benzene rings is 1. The molecule has 194 valence electrons. The Kier molecular flexibility index (Phi) is 4.43. The van der Waals surface area contributed by atoms with Crippen molar-refractivity contribution in [2.45, 2.75) is 74.4 Å². The summed E-state index contributed by atoms with van der Waals surface area (Å²) in [4.78, 5) is 8.64. The number of nitrogens with zero attached hydrogens (tertiary/aromatic N) is 5. The summed E-state index contributed by atoms with van der Waals surface area (Å²) in [5.74, 6) is -0.659. The zero-order valence-corrected chi connectivity index (χ0v) is 20.0. The van der Waals surface area contributed by atoms with Crippen LogP contribution in [0.25, 0.3) is 11.2 Å². The fourth-order valence-electron chi connectivity index (χ4n) is 3.63. The molecular formula is C24H31FN6O4S. The van der Waals surface area contributed by atoms with Crippen molar-refractivity contribution in [3.05, 3.63) is 35.1 Å². The van der Waals surface area contributed by atoms with E-state index < -0.39 is 67.1 Å². The average molecular weight is 530 g/mol. The number of aliphatic hydroxyl groups is 3. The standard InChI is InChI=1S/C24H31FN6O4S/c1-3-8-36-24-27-22(26-16-10-14(16)13-5-4-12(2)15(25)9-13)19-23(28-24)31(30-29-19)17-11-18(35-7-6-32)21(34)20(17)33/h4-5,9,14,16-18,20-21,32-34H,3,6-8,10-11H2,1-2H3,(H,26,27,28)/t14-,16+,17+,18-,20-,21+/m0/s1/i6D2,7D2,11D2,16D,17D,18D,20D,21D. The van der Waals surface area contributed by atoms with Crippen LogP contribution < -0.4 is 5.32 Å². The first kappa shape index (κ1) is 15.1. The molecule has 0 amide bonds. The van der Waals surface area contributed by atoms with Gasteiger partial charge in [-0.1, -0.05) is 36.0 Å². The lowest BCUT2D eigenvalue weighted by Gasteiger charge is -2.17. The Bertz CT molecular complexity index is 1730. The summed E-state index contributed by atoms with van der Waals surface area (Å²) in [6.45, 7) is -4.52. The number of aryl methyl sites for hydroxylation is 1. The third-order valence-corrected chi connectivity index (χ3v) is 6.64. The van der Waals surface area contributed by atoms with Gasteiger partial charge in [-0.05, 0) is 37.0 Å². The molecule has 12 heteroatoms. The summed E-state index contributed by atoms with van der Waals surface area (Å²) in [7, 11) is 0. The smallest absolute Gasteiger partial charge is 0.191 e. The highest BCUT2D eigenvalue weighted by Gasteiger charge is 2.45. The van der Waals surface area contributed by atoms with Gasteiger partial charge in [0, 0.05) is 26.8 Å². The second-order valence-corrected chi connectivity index (χ2v) is 9.17. The molecule has 2 aromatic heterocycles. The molecule has 5 rings (SSSR count). The number of halogens is 1. The first-order valence-electron chi connectivity index (χ1n) is 16.5. The lowest BCUT2D eigenvalue weighted by atomic mass is 10.1. The van der Waals surface area contributed by atoms with Crippen LogP contribution in [0.15, 0.2) is 23.4 Å². The summed E-state index contributed by atoms with van der Waals surface area (Å²) >= 11 is 1.09. The Hall–Kier alpha value is -2.38. The first-order chi connectivity index (χ1) is 21.3. The number of thioether (sulfide) groups is 1. The van der Waals surface area contributed by atoms with Crippen molar-refractivity contribution in [3.63, 3.8) is 0 Å². The Balaban J connectivity index is 1.65. The third kappa shape index (κ3) is 4.92. The first-order valence-corrected chi connectivity index (χ1v) is 12.0. The largest absolute Gasteiger partial charge is 0.394 e. The summed E-state index contributed by atoms with van der Waals surface area (Å²) in [6.07, 6.45) is -15.8. The maximum atomic E-state index is 14.3. The Morgan fingerprint density at radius 1 is 1.36 bits per heavy atom. The van der Waals surface area contributed by atoms with Gasteiger partial charge in [0.1, 0.15) is 18.0 Å². The number of ether oxygens (including phenoxy) is 1. The molecule has 2 aliphatic carbocycles. The van der Waals surface area contributed by atoms with Crippen molar-refractivity contribution < 1.29 is 39.5 Å². The Labute approximate surface area is 227 Å². The van der Waals surface area contributed by atoms with E-state index in [1.165, 1.54) is 6.07 Å². The summed E-state index contributed by atoms with van der Waals surface area (Å²) in [5, 5.41) is 42.3. The van der Waals surface area contributed by atoms with Gasteiger partial charge in [0.15, 0.2) is 22.1 Å². The number of aromatic nitrogens is 5. The molecule has 2 heterocycles. The van der Waals surface area contributed by atoms with Crippen molar-refractivity contribution in [3.8, 4) is 0 Å². The SMILES string of the molecule is [2H]C([2H])(O)C([2H])([2H])O[C@@]1([2H])C([2H])([2H])[C@@]([2H])(n2nnc3c(N[C@]4([2H])C[C@H]4c4ccc(C)c(F)c4)nc(SCCC)nc32)[C@]([2H])(O)[C@]1([2H])O. The molecule has 0 spiro atoms. The van der Waals surface area contributed by atoms with Gasteiger partial charge in [0.25, 0.3) is 0 Å². The van der Waals surface area contributed by atoms with Crippen LogP contribution in [0.1, 0.15) is 64.3 Å². The quantitative estimate of drug-likeness (QED) is 0.228. The van der Waals surface area contributed by atoms with Crippen molar-refractivity contribution in [1.82, 2.24) is 25.0 Å². The Morgan fingerprint density at radius 3 is 2.94 bits per heavy atom. The van der Waals surface area contributed by atoms with Gasteiger partial charge >= 0.3 is 0 Å². The molecular weight excluding hydrogens is 487 g/mol. The van der Waals surface area contributed by atoms with Gasteiger partial charge in [0.05, 0.1) is 37.6 Å². The van der Waals surface area contributed by atoms with Crippen LogP contribution in [0.4, 0.5) is 10.2 Å². The zero-order valence-electron chi connectivity index (χ0n) is 30.2. The maximum absolute atomic E-state index is 14.3. The van der Waals surface area contributed by atoms with E-state index in [0.29, 0.717) is 23.3 Å². The molecule has 0 radical (unpaired) electrons. The molecule has 10 nitrogen and oxygen atoms in total. The number of rotatable bonds is 10. The van der Waals surface area contributed by atoms with Crippen LogP contribution in [-0.2, 0) is 4.74 Å². The van der Waals surface area contributed by atoms with Crippen LogP contribution in [0.5, 0.6) is 0 Å². The third-order valence-electron chi connectivity index (χ3n) is 5.58. The van der Waals surface area contributed by atoms with E-state index in [-0.39, 0.29) is 27.6 Å². The molecule has 6 atom stereocenters. The van der Waals surface area contributed by atoms with Gasteiger partial charge in [-0.2, -0.15) is 0 Å². The van der Waals surface area contributed by atoms with E-state index in [9.17, 15) is 19.7 Å². The lowest BCUT2D eigenvalue weighted by Crippen LogP contribution is -2.33. The number of nitrogens with one attached hydrogen (secondary N) is 1. The molecule has 2 aliphatic rings. The predicted molar refractivity (Wildman–Crippen MR) is 133 cm³/mol. The molecule has 0 bridgehead atoms. The van der Waals surface area contributed by atoms with Crippen molar-refractivity contribution in [2.24, 2.45) is 0 Å². The van der Waals surface area contributed by atoms with Crippen LogP contribution in [0.3, 0.4) is 0 Å². The van der Waals surface area contributed by atoms with E-state index in [2.05, 4.69) is 30.3 Å². The predicted octanol–water partition coefficient (Wildman–Crippen LogP) is 2.18. The van der Waals surface area contributed by atoms with Gasteiger partial charge in [-0.15, -0.1) is 5.10 Å². The van der Waals surface area contributed by atoms with E-state index >= 15 is 0 Å². The van der Waals surface area contributed by atoms with E-state index in [1.54, 1.807) is 19.1 Å². The highest BCUT2D eigenvalue weighted by Crippen LogP contribution is 2.44. The summed E-state index contributed by atoms with van der Waals surface area (Å²) < 4.78 is 110. The number of hydrogen-bond acceptors (Lipinski definition) is 10. The molecule has 2 saturated carbocycles. The fourth-order valence-corrected chi connectivity index (χ4v) is 4.33. The van der Waals surface area contributed by atoms with Crippen LogP contribution in [0, 0.1) is 12.7 Å². The number of hydrogen-bond donors (Lipinski definition) is 4. The highest BCUT2D eigenvalue weighted by atomic mass is 32.2. The van der Waals surface area contributed by atoms with Gasteiger partial charge in [0.2, 0.25) is 0 Å². The van der Waals surface area contributed by atoms with Crippen molar-refractivity contribution >= 4 is 28.7 Å². The lowest BCUT2D eigenvalue weighted by molar-refractivity contribution is -0.0629. The van der Waals surface area contributed by atoms with E-state index in [4.69, 9.17) is 15.1 Å². The number of anilines is 1. The molecule has 2 fully saturated rings. The second kappa shape index (κ2) is 10.5. The van der Waals surface area contributed by atoms with Crippen LogP contribution >= 0.6 is 11.8 Å². The molecule has 3 aromatic rings. The molecule has 4 N–H and O–H groups in total. The minimum absolute atomic E-state index is 0.0254. The maximum Gasteiger partial charge on any atom is 0.191 e. The summed E-state index contributed by atoms with van der Waals surface area (Å²) in [5.41, 5.74) is 0.0639. The van der Waals surface area contributed by atoms with Gasteiger partial charge in [-0.3, -0.25) is 0 Å². The minimum atomic E-state index is -4.26. The normalized spacial score (nSPS) is 44.5. The van der Waals surface area contributed by atoms with Gasteiger partial charge < -0.3 is 25.4 Å². The van der Waals surface area contributed by atoms with Crippen molar-refractivity contribution in [2.75, 3.05) is 24.2 Å². The van der Waals surface area contributed by atoms with E-state index in [1.807, 2.05) is 6.92 Å². The van der Waals surface area contributed by atoms with Gasteiger partial charge in [-0.25, -0.2) is 19.0 Å². The van der Waals surface area contributed by atoms with Crippen LogP contribution in [0.2, 0.25) is 0 Å². The molecule has 0 unspecified atom stereocenters. The minimum Gasteiger partial charge on any atom is -0.394 e. The van der Waals surface area contributed by atoms with Crippen molar-refractivity contribution in [1.29, 1.82) is 0 Å².